The van der Waals surface area contributed by atoms with Crippen LogP contribution in [-0.4, -0.2) is 33.6 Å². The van der Waals surface area contributed by atoms with Crippen molar-refractivity contribution in [2.24, 2.45) is 0 Å². The van der Waals surface area contributed by atoms with Gasteiger partial charge in [-0.05, 0) is 49.4 Å². The zero-order valence-electron chi connectivity index (χ0n) is 16.2. The minimum absolute atomic E-state index is 0.00706. The zero-order chi connectivity index (χ0) is 19.3. The molecule has 0 radical (unpaired) electrons. The molecule has 2 aromatic carbocycles. The first kappa shape index (κ1) is 18.2. The van der Waals surface area contributed by atoms with Gasteiger partial charge in [0.25, 0.3) is 0 Å². The maximum absolute atomic E-state index is 13.4. The largest absolute Gasteiger partial charge is 0.338 e. The summed E-state index contributed by atoms with van der Waals surface area (Å²) < 4.78 is 2.19. The summed E-state index contributed by atoms with van der Waals surface area (Å²) in [4.78, 5) is 20.3. The van der Waals surface area contributed by atoms with Crippen LogP contribution in [0.4, 0.5) is 0 Å². The van der Waals surface area contributed by atoms with E-state index in [4.69, 9.17) is 4.98 Å². The van der Waals surface area contributed by atoms with Gasteiger partial charge < -0.3 is 4.90 Å². The molecule has 0 N–H and O–H groups in total. The number of nitrogens with zero attached hydrogens (tertiary/aromatic N) is 2. The van der Waals surface area contributed by atoms with Crippen molar-refractivity contribution in [3.63, 3.8) is 0 Å². The normalized spacial score (nSPS) is 26.9. The number of likely N-dealkylation sites (tertiary alicyclic amines) is 1. The summed E-state index contributed by atoms with van der Waals surface area (Å²) in [5.41, 5.74) is 3.92. The topological polar surface area (TPSA) is 33.2 Å². The Hall–Kier alpha value is -1.85. The lowest BCUT2D eigenvalue weighted by Crippen LogP contribution is -2.61. The summed E-state index contributed by atoms with van der Waals surface area (Å²) in [5, 5.41) is -0.0760. The first-order chi connectivity index (χ1) is 13.6. The molecular weight excluding hydrogens is 384 g/mol. The van der Waals surface area contributed by atoms with E-state index in [0.717, 1.165) is 35.7 Å². The molecule has 3 aromatic rings. The van der Waals surface area contributed by atoms with Crippen LogP contribution in [0.5, 0.6) is 0 Å². The molecule has 1 saturated heterocycles. The van der Waals surface area contributed by atoms with Gasteiger partial charge in [-0.3, -0.25) is 4.79 Å². The standard InChI is InChI=1S/C23H24N2OS2/c1-3-25-20-13-12-15-8-4-5-9-16(15)23(20,2)14-19(21(25)26)28-22-24-17-10-6-7-11-18(17)27-22/h4-11,19-20H,3,12-14H2,1-2H3. The minimum Gasteiger partial charge on any atom is -0.338 e. The quantitative estimate of drug-likeness (QED) is 0.591. The zero-order valence-corrected chi connectivity index (χ0v) is 17.9. The van der Waals surface area contributed by atoms with Gasteiger partial charge in [0.2, 0.25) is 5.91 Å². The molecule has 28 heavy (non-hydrogen) atoms. The second-order valence-corrected chi connectivity index (χ2v) is 10.5. The lowest BCUT2D eigenvalue weighted by molar-refractivity contribution is -0.139. The Labute approximate surface area is 174 Å². The van der Waals surface area contributed by atoms with Crippen molar-refractivity contribution in [3.8, 4) is 0 Å². The Bertz CT molecular complexity index is 1010. The Morgan fingerprint density at radius 2 is 2.00 bits per heavy atom. The summed E-state index contributed by atoms with van der Waals surface area (Å²) in [5.74, 6) is 0.286. The Morgan fingerprint density at radius 3 is 2.82 bits per heavy atom. The minimum atomic E-state index is -0.0760. The molecule has 5 heteroatoms. The maximum atomic E-state index is 13.4. The molecule has 1 aliphatic carbocycles. The maximum Gasteiger partial charge on any atom is 0.236 e. The summed E-state index contributed by atoms with van der Waals surface area (Å²) >= 11 is 3.36. The second kappa shape index (κ2) is 6.89. The molecule has 0 bridgehead atoms. The van der Waals surface area contributed by atoms with E-state index in [9.17, 15) is 4.79 Å². The third-order valence-corrected chi connectivity index (χ3v) is 8.77. The number of piperidine rings is 1. The van der Waals surface area contributed by atoms with Crippen LogP contribution in [-0.2, 0) is 16.6 Å². The summed E-state index contributed by atoms with van der Waals surface area (Å²) in [6, 6.07) is 17.3. The van der Waals surface area contributed by atoms with Crippen LogP contribution in [0.1, 0.15) is 37.8 Å². The molecule has 3 atom stereocenters. The Kier molecular flexibility index (Phi) is 4.48. The number of aromatic nitrogens is 1. The predicted octanol–water partition coefficient (Wildman–Crippen LogP) is 5.28. The van der Waals surface area contributed by atoms with Gasteiger partial charge in [0.1, 0.15) is 0 Å². The molecule has 3 nitrogen and oxygen atoms in total. The lowest BCUT2D eigenvalue weighted by atomic mass is 9.63. The number of hydrogen-bond donors (Lipinski definition) is 0. The third-order valence-electron chi connectivity index (χ3n) is 6.46. The van der Waals surface area contributed by atoms with E-state index in [2.05, 4.69) is 49.1 Å². The fourth-order valence-corrected chi connectivity index (χ4v) is 7.70. The van der Waals surface area contributed by atoms with Gasteiger partial charge >= 0.3 is 0 Å². The predicted molar refractivity (Wildman–Crippen MR) is 117 cm³/mol. The number of likely N-dealkylation sites (N-methyl/N-ethyl adjacent to an activating group) is 1. The highest BCUT2D eigenvalue weighted by molar-refractivity contribution is 8.02. The number of benzene rings is 2. The number of hydrogen-bond acceptors (Lipinski definition) is 4. The molecule has 0 saturated carbocycles. The van der Waals surface area contributed by atoms with Crippen LogP contribution in [0.15, 0.2) is 52.9 Å². The summed E-state index contributed by atoms with van der Waals surface area (Å²) in [6.07, 6.45) is 3.01. The van der Waals surface area contributed by atoms with Crippen molar-refractivity contribution in [3.05, 3.63) is 59.7 Å². The first-order valence-electron chi connectivity index (χ1n) is 10.0. The third kappa shape index (κ3) is 2.79. The van der Waals surface area contributed by atoms with Crippen molar-refractivity contribution in [1.82, 2.24) is 9.88 Å². The molecule has 2 heterocycles. The van der Waals surface area contributed by atoms with Crippen molar-refractivity contribution in [2.75, 3.05) is 6.54 Å². The summed E-state index contributed by atoms with van der Waals surface area (Å²) in [6.45, 7) is 5.26. The van der Waals surface area contributed by atoms with Gasteiger partial charge in [0.05, 0.1) is 15.5 Å². The fourth-order valence-electron chi connectivity index (χ4n) is 5.13. The fraction of sp³-hybridized carbons (Fsp3) is 0.391. The van der Waals surface area contributed by atoms with Crippen molar-refractivity contribution in [1.29, 1.82) is 0 Å². The number of para-hydroxylation sites is 1. The van der Waals surface area contributed by atoms with Crippen LogP contribution < -0.4 is 0 Å². The Morgan fingerprint density at radius 1 is 1.21 bits per heavy atom. The molecule has 0 spiro atoms. The van der Waals surface area contributed by atoms with Gasteiger partial charge in [-0.25, -0.2) is 4.98 Å². The molecular formula is C23H24N2OS2. The molecule has 5 rings (SSSR count). The highest BCUT2D eigenvalue weighted by atomic mass is 32.2. The van der Waals surface area contributed by atoms with E-state index in [1.165, 1.54) is 15.8 Å². The molecule has 1 aromatic heterocycles. The number of aryl methyl sites for hydroxylation is 1. The van der Waals surface area contributed by atoms with Gasteiger partial charge in [-0.2, -0.15) is 0 Å². The van der Waals surface area contributed by atoms with Gasteiger partial charge in [0.15, 0.2) is 4.34 Å². The number of amides is 1. The monoisotopic (exact) mass is 408 g/mol. The van der Waals surface area contributed by atoms with Crippen molar-refractivity contribution < 1.29 is 4.79 Å². The molecule has 1 aliphatic heterocycles. The smallest absolute Gasteiger partial charge is 0.236 e. The number of carbonyl (C=O) groups excluding carboxylic acids is 1. The van der Waals surface area contributed by atoms with Crippen LogP contribution in [0.3, 0.4) is 0 Å². The van der Waals surface area contributed by atoms with Gasteiger partial charge in [0, 0.05) is 18.0 Å². The van der Waals surface area contributed by atoms with E-state index in [1.54, 1.807) is 23.1 Å². The average molecular weight is 409 g/mol. The highest BCUT2D eigenvalue weighted by Gasteiger charge is 2.51. The number of thiazole rings is 1. The summed E-state index contributed by atoms with van der Waals surface area (Å²) in [7, 11) is 0. The molecule has 3 unspecified atom stereocenters. The Balaban J connectivity index is 1.52. The van der Waals surface area contributed by atoms with E-state index >= 15 is 0 Å². The van der Waals surface area contributed by atoms with E-state index in [1.807, 2.05) is 18.2 Å². The van der Waals surface area contributed by atoms with Gasteiger partial charge in [-0.1, -0.05) is 55.1 Å². The number of fused-ring (bicyclic) bond motifs is 4. The van der Waals surface area contributed by atoms with E-state index < -0.39 is 0 Å². The first-order valence-corrected chi connectivity index (χ1v) is 11.7. The molecule has 1 fully saturated rings. The van der Waals surface area contributed by atoms with Crippen molar-refractivity contribution >= 4 is 39.2 Å². The van der Waals surface area contributed by atoms with Crippen LogP contribution in [0.25, 0.3) is 10.2 Å². The molecule has 144 valence electrons. The highest BCUT2D eigenvalue weighted by Crippen LogP contribution is 2.49. The number of thioether (sulfide) groups is 1. The van der Waals surface area contributed by atoms with Crippen LogP contribution >= 0.6 is 23.1 Å². The van der Waals surface area contributed by atoms with E-state index in [0.29, 0.717) is 6.04 Å². The van der Waals surface area contributed by atoms with Crippen molar-refractivity contribution in [2.45, 2.75) is 54.2 Å². The van der Waals surface area contributed by atoms with Gasteiger partial charge in [-0.15, -0.1) is 11.3 Å². The SMILES string of the molecule is CCN1C(=O)C(Sc2nc3ccccc3s2)CC2(C)c3ccccc3CCC12. The molecule has 2 aliphatic rings. The lowest BCUT2D eigenvalue weighted by Gasteiger charge is -2.53. The van der Waals surface area contributed by atoms with E-state index in [-0.39, 0.29) is 16.6 Å². The average Bonchev–Trinajstić information content (AvgIpc) is 3.11. The second-order valence-electron chi connectivity index (χ2n) is 8.01. The number of rotatable bonds is 3. The molecule has 1 amide bonds. The van der Waals surface area contributed by atoms with Crippen LogP contribution in [0.2, 0.25) is 0 Å². The van der Waals surface area contributed by atoms with Crippen LogP contribution in [0, 0.1) is 0 Å². The number of carbonyl (C=O) groups is 1.